The Bertz CT molecular complexity index is 273. The molecule has 0 saturated heterocycles. The monoisotopic (exact) mass is 255 g/mol. The average molecular weight is 256 g/mol. The highest BCUT2D eigenvalue weighted by atomic mass is 79.9. The number of halogens is 1. The molecule has 1 rings (SSSR count). The van der Waals surface area contributed by atoms with Gasteiger partial charge in [-0.1, -0.05) is 35.0 Å². The molecule has 0 saturated carbocycles. The Labute approximate surface area is 94.8 Å². The van der Waals surface area contributed by atoms with Gasteiger partial charge in [0.1, 0.15) is 0 Å². The molecule has 0 heterocycles. The van der Waals surface area contributed by atoms with Crippen LogP contribution in [0.2, 0.25) is 0 Å². The van der Waals surface area contributed by atoms with Crippen molar-refractivity contribution in [1.82, 2.24) is 0 Å². The van der Waals surface area contributed by atoms with Crippen LogP contribution in [-0.2, 0) is 0 Å². The second kappa shape index (κ2) is 6.20. The maximum atomic E-state index is 5.53. The van der Waals surface area contributed by atoms with Crippen LogP contribution in [0.5, 0.6) is 0 Å². The fraction of sp³-hybridized carbons (Fsp3) is 0.500. The summed E-state index contributed by atoms with van der Waals surface area (Å²) >= 11 is 3.50. The van der Waals surface area contributed by atoms with Gasteiger partial charge in [-0.15, -0.1) is 0 Å². The summed E-state index contributed by atoms with van der Waals surface area (Å²) in [6, 6.07) is 8.59. The molecule has 2 N–H and O–H groups in total. The lowest BCUT2D eigenvalue weighted by Crippen LogP contribution is -2.03. The molecule has 0 radical (unpaired) electrons. The third-order valence-corrected chi connectivity index (χ3v) is 3.06. The van der Waals surface area contributed by atoms with E-state index in [-0.39, 0.29) is 0 Å². The number of hydrogen-bond acceptors (Lipinski definition) is 1. The molecule has 0 spiro atoms. The summed E-state index contributed by atoms with van der Waals surface area (Å²) in [5, 5.41) is 0. The lowest BCUT2D eigenvalue weighted by molar-refractivity contribution is 0.581. The summed E-state index contributed by atoms with van der Waals surface area (Å²) < 4.78 is 1.17. The van der Waals surface area contributed by atoms with E-state index in [0.717, 1.165) is 13.0 Å². The minimum absolute atomic E-state index is 0.663. The van der Waals surface area contributed by atoms with Gasteiger partial charge in [-0.2, -0.15) is 0 Å². The summed E-state index contributed by atoms with van der Waals surface area (Å²) in [6.45, 7) is 3.03. The first-order chi connectivity index (χ1) is 6.77. The third kappa shape index (κ3) is 3.43. The molecule has 0 aliphatic heterocycles. The van der Waals surface area contributed by atoms with Gasteiger partial charge in [0.25, 0.3) is 0 Å². The molecule has 1 atom stereocenters. The van der Waals surface area contributed by atoms with Crippen LogP contribution in [0, 0.1) is 0 Å². The van der Waals surface area contributed by atoms with Crippen molar-refractivity contribution in [2.24, 2.45) is 5.73 Å². The van der Waals surface area contributed by atoms with Crippen molar-refractivity contribution in [3.63, 3.8) is 0 Å². The smallest absolute Gasteiger partial charge is 0.0178 e. The molecule has 78 valence electrons. The zero-order chi connectivity index (χ0) is 10.4. The SMILES string of the molecule is CCC(CCCN)c1cccc(Br)c1. The molecular formula is C12H18BrN. The first-order valence-corrected chi connectivity index (χ1v) is 6.02. The third-order valence-electron chi connectivity index (χ3n) is 2.57. The van der Waals surface area contributed by atoms with Crippen molar-refractivity contribution in [2.45, 2.75) is 32.1 Å². The maximum Gasteiger partial charge on any atom is 0.0178 e. The molecule has 0 amide bonds. The Hall–Kier alpha value is -0.340. The highest BCUT2D eigenvalue weighted by molar-refractivity contribution is 9.10. The van der Waals surface area contributed by atoms with Gasteiger partial charge in [0.2, 0.25) is 0 Å². The van der Waals surface area contributed by atoms with Crippen LogP contribution in [0.4, 0.5) is 0 Å². The Balaban J connectivity index is 2.68. The van der Waals surface area contributed by atoms with E-state index < -0.39 is 0 Å². The van der Waals surface area contributed by atoms with Crippen LogP contribution in [0.1, 0.15) is 37.7 Å². The molecule has 14 heavy (non-hydrogen) atoms. The second-order valence-corrected chi connectivity index (χ2v) is 4.51. The summed E-state index contributed by atoms with van der Waals surface area (Å²) in [6.07, 6.45) is 3.50. The highest BCUT2D eigenvalue weighted by Gasteiger charge is 2.08. The number of nitrogens with two attached hydrogens (primary N) is 1. The Morgan fingerprint density at radius 2 is 2.21 bits per heavy atom. The molecule has 1 nitrogen and oxygen atoms in total. The minimum Gasteiger partial charge on any atom is -0.330 e. The van der Waals surface area contributed by atoms with Crippen molar-refractivity contribution in [1.29, 1.82) is 0 Å². The summed E-state index contributed by atoms with van der Waals surface area (Å²) in [5.41, 5.74) is 6.96. The molecule has 0 aliphatic carbocycles. The quantitative estimate of drug-likeness (QED) is 0.854. The van der Waals surface area contributed by atoms with Crippen molar-refractivity contribution < 1.29 is 0 Å². The molecule has 1 unspecified atom stereocenters. The van der Waals surface area contributed by atoms with Crippen molar-refractivity contribution in [3.8, 4) is 0 Å². The Morgan fingerprint density at radius 1 is 1.43 bits per heavy atom. The van der Waals surface area contributed by atoms with Gasteiger partial charge >= 0.3 is 0 Å². The van der Waals surface area contributed by atoms with Crippen LogP contribution in [0.15, 0.2) is 28.7 Å². The molecule has 0 aliphatic rings. The predicted molar refractivity (Wildman–Crippen MR) is 65.5 cm³/mol. The molecular weight excluding hydrogens is 238 g/mol. The van der Waals surface area contributed by atoms with Crippen molar-refractivity contribution >= 4 is 15.9 Å². The lowest BCUT2D eigenvalue weighted by atomic mass is 9.92. The van der Waals surface area contributed by atoms with Crippen LogP contribution in [0.25, 0.3) is 0 Å². The molecule has 1 aromatic carbocycles. The van der Waals surface area contributed by atoms with Gasteiger partial charge in [-0.25, -0.2) is 0 Å². The van der Waals surface area contributed by atoms with E-state index in [1.807, 2.05) is 0 Å². The van der Waals surface area contributed by atoms with E-state index in [0.29, 0.717) is 5.92 Å². The Kier molecular flexibility index (Phi) is 5.20. The number of hydrogen-bond donors (Lipinski definition) is 1. The molecule has 0 bridgehead atoms. The fourth-order valence-electron chi connectivity index (χ4n) is 1.73. The van der Waals surface area contributed by atoms with Crippen LogP contribution >= 0.6 is 15.9 Å². The maximum absolute atomic E-state index is 5.53. The van der Waals surface area contributed by atoms with E-state index in [2.05, 4.69) is 47.1 Å². The van der Waals surface area contributed by atoms with Crippen LogP contribution < -0.4 is 5.73 Å². The topological polar surface area (TPSA) is 26.0 Å². The van der Waals surface area contributed by atoms with Gasteiger partial charge < -0.3 is 5.73 Å². The second-order valence-electron chi connectivity index (χ2n) is 3.59. The van der Waals surface area contributed by atoms with Gasteiger partial charge in [0.05, 0.1) is 0 Å². The highest BCUT2D eigenvalue weighted by Crippen LogP contribution is 2.26. The minimum atomic E-state index is 0.663. The zero-order valence-electron chi connectivity index (χ0n) is 8.67. The van der Waals surface area contributed by atoms with E-state index in [1.54, 1.807) is 0 Å². The first kappa shape index (κ1) is 11.7. The average Bonchev–Trinajstić information content (AvgIpc) is 2.19. The summed E-state index contributed by atoms with van der Waals surface area (Å²) in [4.78, 5) is 0. The molecule has 0 aromatic heterocycles. The molecule has 2 heteroatoms. The zero-order valence-corrected chi connectivity index (χ0v) is 10.3. The van der Waals surface area contributed by atoms with Gasteiger partial charge in [-0.3, -0.25) is 0 Å². The van der Waals surface area contributed by atoms with Crippen LogP contribution in [-0.4, -0.2) is 6.54 Å². The largest absolute Gasteiger partial charge is 0.330 e. The van der Waals surface area contributed by atoms with Crippen molar-refractivity contribution in [2.75, 3.05) is 6.54 Å². The summed E-state index contributed by atoms with van der Waals surface area (Å²) in [7, 11) is 0. The predicted octanol–water partition coefficient (Wildman–Crippen LogP) is 3.68. The van der Waals surface area contributed by atoms with Gasteiger partial charge in [0, 0.05) is 4.47 Å². The van der Waals surface area contributed by atoms with Crippen LogP contribution in [0.3, 0.4) is 0 Å². The Morgan fingerprint density at radius 3 is 2.79 bits per heavy atom. The fourth-order valence-corrected chi connectivity index (χ4v) is 2.15. The van der Waals surface area contributed by atoms with E-state index in [4.69, 9.17) is 5.73 Å². The molecule has 0 fully saturated rings. The van der Waals surface area contributed by atoms with Gasteiger partial charge in [-0.05, 0) is 49.4 Å². The number of benzene rings is 1. The standard InChI is InChI=1S/C12H18BrN/c1-2-10(6-4-8-14)11-5-3-7-12(13)9-11/h3,5,7,9-10H,2,4,6,8,14H2,1H3. The number of rotatable bonds is 5. The van der Waals surface area contributed by atoms with E-state index in [1.165, 1.54) is 22.9 Å². The van der Waals surface area contributed by atoms with Gasteiger partial charge in [0.15, 0.2) is 0 Å². The summed E-state index contributed by atoms with van der Waals surface area (Å²) in [5.74, 6) is 0.663. The normalized spacial score (nSPS) is 12.8. The van der Waals surface area contributed by atoms with Crippen molar-refractivity contribution in [3.05, 3.63) is 34.3 Å². The lowest BCUT2D eigenvalue weighted by Gasteiger charge is -2.14. The first-order valence-electron chi connectivity index (χ1n) is 5.23. The van der Waals surface area contributed by atoms with E-state index >= 15 is 0 Å². The van der Waals surface area contributed by atoms with E-state index in [9.17, 15) is 0 Å². The molecule has 1 aromatic rings.